The Bertz CT molecular complexity index is 1310. The number of aromatic nitrogens is 1. The van der Waals surface area contributed by atoms with Gasteiger partial charge >= 0.3 is 0 Å². The van der Waals surface area contributed by atoms with Crippen molar-refractivity contribution in [2.75, 3.05) is 45.7 Å². The van der Waals surface area contributed by atoms with E-state index in [-0.39, 0.29) is 17.4 Å². The zero-order chi connectivity index (χ0) is 24.5. The zero-order valence-corrected chi connectivity index (χ0v) is 19.8. The van der Waals surface area contributed by atoms with Gasteiger partial charge in [-0.2, -0.15) is 8.42 Å². The van der Waals surface area contributed by atoms with Crippen LogP contribution < -0.4 is 4.74 Å². The molecule has 0 aliphatic carbocycles. The first kappa shape index (κ1) is 24.3. The van der Waals surface area contributed by atoms with Gasteiger partial charge in [0.2, 0.25) is 0 Å². The van der Waals surface area contributed by atoms with Crippen LogP contribution in [0.3, 0.4) is 0 Å². The Morgan fingerprint density at radius 1 is 1.15 bits per heavy atom. The third-order valence-electron chi connectivity index (χ3n) is 5.95. The van der Waals surface area contributed by atoms with E-state index in [1.54, 1.807) is 18.2 Å². The van der Waals surface area contributed by atoms with Gasteiger partial charge in [-0.05, 0) is 25.1 Å². The summed E-state index contributed by atoms with van der Waals surface area (Å²) >= 11 is 0. The highest BCUT2D eigenvalue weighted by Gasteiger charge is 2.31. The average Bonchev–Trinajstić information content (AvgIpc) is 3.09. The lowest BCUT2D eigenvalue weighted by Gasteiger charge is -2.34. The molecule has 10 heteroatoms. The first-order valence-electron chi connectivity index (χ1n) is 10.9. The Labute approximate surface area is 197 Å². The quantitative estimate of drug-likeness (QED) is 0.443. The molecule has 0 spiro atoms. The lowest BCUT2D eigenvalue weighted by atomic mass is 10.00. The van der Waals surface area contributed by atoms with Gasteiger partial charge in [-0.1, -0.05) is 24.3 Å². The number of benzene rings is 2. The Balaban J connectivity index is 0.000000499. The molecule has 0 radical (unpaired) electrons. The van der Waals surface area contributed by atoms with Crippen molar-refractivity contribution in [2.24, 2.45) is 0 Å². The number of nitrogens with zero attached hydrogens (tertiary/aromatic N) is 2. The van der Waals surface area contributed by atoms with Gasteiger partial charge < -0.3 is 14.0 Å². The van der Waals surface area contributed by atoms with Crippen LogP contribution in [0.25, 0.3) is 10.9 Å². The molecule has 3 aromatic rings. The normalized spacial score (nSPS) is 18.2. The van der Waals surface area contributed by atoms with E-state index in [0.717, 1.165) is 55.2 Å². The van der Waals surface area contributed by atoms with Crippen LogP contribution in [0.1, 0.15) is 27.7 Å². The maximum Gasteiger partial charge on any atom is 0.261 e. The van der Waals surface area contributed by atoms with E-state index in [4.69, 9.17) is 14.0 Å². The van der Waals surface area contributed by atoms with Crippen molar-refractivity contribution in [3.63, 3.8) is 0 Å². The minimum atomic E-state index is -3.67. The largest absolute Gasteiger partial charge is 0.489 e. The predicted octanol–water partition coefficient (Wildman–Crippen LogP) is 3.09. The van der Waals surface area contributed by atoms with Crippen LogP contribution in [-0.2, 0) is 14.9 Å². The number of hydrogen-bond acceptors (Lipinski definition) is 6. The molecule has 2 aliphatic rings. The molecule has 34 heavy (non-hydrogen) atoms. The Hall–Kier alpha value is -2.79. The summed E-state index contributed by atoms with van der Waals surface area (Å²) in [5.41, 5.74) is 2.45. The zero-order valence-electron chi connectivity index (χ0n) is 19.0. The van der Waals surface area contributed by atoms with Crippen LogP contribution in [0.5, 0.6) is 5.75 Å². The van der Waals surface area contributed by atoms with E-state index in [0.29, 0.717) is 18.4 Å². The second-order valence-electron chi connectivity index (χ2n) is 8.40. The minimum Gasteiger partial charge on any atom is -0.489 e. The standard InChI is InChI=1S/C23H23FN2O3.CH4O3S/c1-15-21(23(27)17-5-2-3-7-19(17)24)18-6-4-8-20-22(18)26(15)16(14-29-20)13-25-9-11-28-12-10-25;1-5(2,3)4/h2-8,16H,9-14H2,1H3;1H3,(H,2,3,4). The van der Waals surface area contributed by atoms with Gasteiger partial charge in [-0.15, -0.1) is 0 Å². The fourth-order valence-corrected chi connectivity index (χ4v) is 4.57. The van der Waals surface area contributed by atoms with E-state index >= 15 is 0 Å². The van der Waals surface area contributed by atoms with Gasteiger partial charge in [-0.3, -0.25) is 14.2 Å². The number of halogens is 1. The van der Waals surface area contributed by atoms with E-state index in [1.165, 1.54) is 6.07 Å². The molecule has 2 aliphatic heterocycles. The fraction of sp³-hybridized carbons (Fsp3) is 0.375. The average molecular weight is 491 g/mol. The number of ether oxygens (including phenoxy) is 2. The minimum absolute atomic E-state index is 0.0904. The maximum atomic E-state index is 14.4. The number of ketones is 1. The molecule has 0 saturated carbocycles. The lowest BCUT2D eigenvalue weighted by molar-refractivity contribution is 0.0272. The van der Waals surface area contributed by atoms with Crippen LogP contribution in [0.4, 0.5) is 4.39 Å². The van der Waals surface area contributed by atoms with Crippen molar-refractivity contribution < 1.29 is 31.6 Å². The van der Waals surface area contributed by atoms with Crippen molar-refractivity contribution in [3.05, 3.63) is 65.1 Å². The van der Waals surface area contributed by atoms with Gasteiger partial charge in [0.05, 0.1) is 42.2 Å². The van der Waals surface area contributed by atoms with Gasteiger partial charge in [0, 0.05) is 30.7 Å². The number of rotatable bonds is 4. The molecule has 1 aromatic heterocycles. The van der Waals surface area contributed by atoms with Gasteiger partial charge in [0.25, 0.3) is 10.1 Å². The van der Waals surface area contributed by atoms with Crippen LogP contribution in [0, 0.1) is 12.7 Å². The van der Waals surface area contributed by atoms with Crippen molar-refractivity contribution in [1.29, 1.82) is 0 Å². The van der Waals surface area contributed by atoms with Gasteiger partial charge in [0.15, 0.2) is 5.78 Å². The second kappa shape index (κ2) is 9.83. The summed E-state index contributed by atoms with van der Waals surface area (Å²) in [7, 11) is -3.67. The Morgan fingerprint density at radius 3 is 2.50 bits per heavy atom. The van der Waals surface area contributed by atoms with E-state index in [2.05, 4.69) is 9.47 Å². The summed E-state index contributed by atoms with van der Waals surface area (Å²) in [6, 6.07) is 12.0. The molecule has 5 rings (SSSR count). The predicted molar refractivity (Wildman–Crippen MR) is 126 cm³/mol. The van der Waals surface area contributed by atoms with E-state index in [1.807, 2.05) is 25.1 Å². The molecule has 1 unspecified atom stereocenters. The number of hydrogen-bond donors (Lipinski definition) is 1. The molecule has 1 N–H and O–H groups in total. The van der Waals surface area contributed by atoms with Gasteiger partial charge in [-0.25, -0.2) is 4.39 Å². The molecule has 2 aromatic carbocycles. The second-order valence-corrected chi connectivity index (χ2v) is 9.87. The molecule has 1 saturated heterocycles. The molecule has 0 bridgehead atoms. The van der Waals surface area contributed by atoms with Gasteiger partial charge in [0.1, 0.15) is 18.2 Å². The molecule has 1 fully saturated rings. The smallest absolute Gasteiger partial charge is 0.261 e. The first-order valence-corrected chi connectivity index (χ1v) is 12.8. The topological polar surface area (TPSA) is 98.1 Å². The molecule has 0 amide bonds. The summed E-state index contributed by atoms with van der Waals surface area (Å²) < 4.78 is 54.0. The lowest BCUT2D eigenvalue weighted by Crippen LogP contribution is -2.42. The molecular formula is C24H27FN2O6S. The summed E-state index contributed by atoms with van der Waals surface area (Å²) in [5.74, 6) is -0.00474. The highest BCUT2D eigenvalue weighted by Crippen LogP contribution is 2.39. The number of carbonyl (C=O) groups excluding carboxylic acids is 1. The Kier molecular flexibility index (Phi) is 7.04. The molecule has 3 heterocycles. The van der Waals surface area contributed by atoms with Crippen molar-refractivity contribution >= 4 is 26.8 Å². The van der Waals surface area contributed by atoms with E-state index < -0.39 is 15.9 Å². The number of morpholine rings is 1. The fourth-order valence-electron chi connectivity index (χ4n) is 4.57. The molecular weight excluding hydrogens is 463 g/mol. The molecule has 1 atom stereocenters. The first-order chi connectivity index (χ1) is 16.1. The Morgan fingerprint density at radius 2 is 1.82 bits per heavy atom. The summed E-state index contributed by atoms with van der Waals surface area (Å²) in [4.78, 5) is 15.7. The van der Waals surface area contributed by atoms with Crippen LogP contribution in [0.15, 0.2) is 42.5 Å². The third kappa shape index (κ3) is 5.15. The van der Waals surface area contributed by atoms with Crippen molar-refractivity contribution in [1.82, 2.24) is 9.47 Å². The summed E-state index contributed by atoms with van der Waals surface area (Å²) in [5, 5.41) is 0.819. The highest BCUT2D eigenvalue weighted by molar-refractivity contribution is 7.85. The van der Waals surface area contributed by atoms with Crippen LogP contribution >= 0.6 is 0 Å². The molecule has 8 nitrogen and oxygen atoms in total. The number of para-hydroxylation sites is 1. The number of carbonyl (C=O) groups is 1. The van der Waals surface area contributed by atoms with Crippen molar-refractivity contribution in [2.45, 2.75) is 13.0 Å². The summed E-state index contributed by atoms with van der Waals surface area (Å²) in [6.45, 7) is 6.59. The summed E-state index contributed by atoms with van der Waals surface area (Å²) in [6.07, 6.45) is 0.715. The van der Waals surface area contributed by atoms with Crippen molar-refractivity contribution in [3.8, 4) is 5.75 Å². The van der Waals surface area contributed by atoms with Crippen LogP contribution in [-0.4, -0.2) is 73.9 Å². The van der Waals surface area contributed by atoms with Crippen LogP contribution in [0.2, 0.25) is 0 Å². The third-order valence-corrected chi connectivity index (χ3v) is 5.95. The van der Waals surface area contributed by atoms with E-state index in [9.17, 15) is 17.6 Å². The SMILES string of the molecule is CS(=O)(=O)O.Cc1c(C(=O)c2ccccc2F)c2cccc3c2n1C(CN1CCOCC1)CO3. The maximum absolute atomic E-state index is 14.4. The molecule has 182 valence electrons. The monoisotopic (exact) mass is 490 g/mol. The highest BCUT2D eigenvalue weighted by atomic mass is 32.2.